The van der Waals surface area contributed by atoms with Crippen LogP contribution in [0.1, 0.15) is 23.7 Å². The summed E-state index contributed by atoms with van der Waals surface area (Å²) in [5.41, 5.74) is 4.13. The SMILES string of the molecule is O=C1CC(c2nc3ccccc3n2Cc2cccc3ccccc23)CN1c1cccc(Cl)c1. The summed E-state index contributed by atoms with van der Waals surface area (Å²) in [6, 6.07) is 30.6. The number of carbonyl (C=O) groups is 1. The topological polar surface area (TPSA) is 38.1 Å². The summed E-state index contributed by atoms with van der Waals surface area (Å²) in [7, 11) is 0. The lowest BCUT2D eigenvalue weighted by atomic mass is 10.0. The molecule has 0 N–H and O–H groups in total. The van der Waals surface area contributed by atoms with Gasteiger partial charge in [0.15, 0.2) is 0 Å². The third-order valence-corrected chi connectivity index (χ3v) is 6.74. The van der Waals surface area contributed by atoms with Gasteiger partial charge in [-0.05, 0) is 46.7 Å². The van der Waals surface area contributed by atoms with Crippen LogP contribution in [0.25, 0.3) is 21.8 Å². The van der Waals surface area contributed by atoms with Crippen LogP contribution >= 0.6 is 11.6 Å². The number of rotatable bonds is 4. The molecule has 5 aromatic rings. The normalized spacial score (nSPS) is 16.2. The van der Waals surface area contributed by atoms with E-state index in [2.05, 4.69) is 53.1 Å². The first-order valence-corrected chi connectivity index (χ1v) is 11.5. The highest BCUT2D eigenvalue weighted by atomic mass is 35.5. The summed E-state index contributed by atoms with van der Waals surface area (Å²) < 4.78 is 2.29. The van der Waals surface area contributed by atoms with E-state index in [0.29, 0.717) is 24.5 Å². The Kier molecular flexibility index (Phi) is 4.88. The van der Waals surface area contributed by atoms with Gasteiger partial charge < -0.3 is 9.47 Å². The van der Waals surface area contributed by atoms with E-state index in [1.54, 1.807) is 0 Å². The van der Waals surface area contributed by atoms with Crippen LogP contribution in [-0.4, -0.2) is 22.0 Å². The van der Waals surface area contributed by atoms with Crippen molar-refractivity contribution in [1.29, 1.82) is 0 Å². The average Bonchev–Trinajstić information content (AvgIpc) is 3.40. The van der Waals surface area contributed by atoms with Gasteiger partial charge in [0.25, 0.3) is 0 Å². The lowest BCUT2D eigenvalue weighted by Gasteiger charge is -2.18. The molecule has 0 saturated carbocycles. The number of aromatic nitrogens is 2. The fourth-order valence-electron chi connectivity index (χ4n) is 4.95. The number of hydrogen-bond acceptors (Lipinski definition) is 2. The number of benzene rings is 4. The Morgan fingerprint density at radius 3 is 2.61 bits per heavy atom. The molecule has 6 rings (SSSR count). The van der Waals surface area contributed by atoms with Crippen molar-refractivity contribution < 1.29 is 4.79 Å². The number of halogens is 1. The Morgan fingerprint density at radius 1 is 0.909 bits per heavy atom. The summed E-state index contributed by atoms with van der Waals surface area (Å²) >= 11 is 6.19. The molecule has 0 bridgehead atoms. The van der Waals surface area contributed by atoms with Gasteiger partial charge in [-0.15, -0.1) is 0 Å². The zero-order chi connectivity index (χ0) is 22.4. The molecule has 1 amide bonds. The number of para-hydroxylation sites is 2. The van der Waals surface area contributed by atoms with Crippen molar-refractivity contribution in [3.63, 3.8) is 0 Å². The van der Waals surface area contributed by atoms with Crippen molar-refractivity contribution in [3.05, 3.63) is 107 Å². The smallest absolute Gasteiger partial charge is 0.227 e. The molecule has 0 aliphatic carbocycles. The van der Waals surface area contributed by atoms with Crippen molar-refractivity contribution in [3.8, 4) is 0 Å². The number of imidazole rings is 1. The predicted molar refractivity (Wildman–Crippen MR) is 134 cm³/mol. The Balaban J connectivity index is 1.42. The number of anilines is 1. The minimum absolute atomic E-state index is 0.0128. The van der Waals surface area contributed by atoms with Gasteiger partial charge in [0.1, 0.15) is 5.82 Å². The molecule has 2 heterocycles. The minimum Gasteiger partial charge on any atom is -0.323 e. The minimum atomic E-state index is 0.0128. The van der Waals surface area contributed by atoms with Crippen LogP contribution in [0, 0.1) is 0 Å². The van der Waals surface area contributed by atoms with Gasteiger partial charge in [-0.3, -0.25) is 4.79 Å². The van der Waals surface area contributed by atoms with E-state index in [0.717, 1.165) is 22.5 Å². The largest absolute Gasteiger partial charge is 0.323 e. The highest BCUT2D eigenvalue weighted by Gasteiger charge is 2.35. The maximum absolute atomic E-state index is 13.0. The van der Waals surface area contributed by atoms with Crippen LogP contribution in [0.15, 0.2) is 91.0 Å². The van der Waals surface area contributed by atoms with Crippen molar-refractivity contribution >= 4 is 45.0 Å². The first-order chi connectivity index (χ1) is 16.2. The fraction of sp³-hybridized carbons (Fsp3) is 0.143. The van der Waals surface area contributed by atoms with Crippen LogP contribution in [0.2, 0.25) is 5.02 Å². The Bertz CT molecular complexity index is 1500. The second-order valence-electron chi connectivity index (χ2n) is 8.57. The molecule has 5 heteroatoms. The summed E-state index contributed by atoms with van der Waals surface area (Å²) in [5, 5.41) is 3.10. The molecule has 1 saturated heterocycles. The van der Waals surface area contributed by atoms with Crippen molar-refractivity contribution in [2.75, 3.05) is 11.4 Å². The number of fused-ring (bicyclic) bond motifs is 2. The Hall–Kier alpha value is -3.63. The number of carbonyl (C=O) groups excluding carboxylic acids is 1. The van der Waals surface area contributed by atoms with Gasteiger partial charge in [-0.25, -0.2) is 4.98 Å². The van der Waals surface area contributed by atoms with E-state index in [1.807, 2.05) is 47.4 Å². The summed E-state index contributed by atoms with van der Waals surface area (Å²) in [6.45, 7) is 1.30. The second-order valence-corrected chi connectivity index (χ2v) is 9.00. The lowest BCUT2D eigenvalue weighted by Crippen LogP contribution is -2.24. The second kappa shape index (κ2) is 8.05. The predicted octanol–water partition coefficient (Wildman–Crippen LogP) is 6.41. The standard InChI is InChI=1S/C28H22ClN3O/c29-22-10-6-11-23(16-22)31-18-21(15-27(31)33)28-30-25-13-3-4-14-26(25)32(28)17-20-9-5-8-19-7-1-2-12-24(19)20/h1-14,16,21H,15,17-18H2. The molecule has 162 valence electrons. The first kappa shape index (κ1) is 20.0. The molecule has 4 nitrogen and oxygen atoms in total. The molecular formula is C28H22ClN3O. The maximum atomic E-state index is 13.0. The Morgan fingerprint density at radius 2 is 1.70 bits per heavy atom. The first-order valence-electron chi connectivity index (χ1n) is 11.1. The van der Waals surface area contributed by atoms with Crippen LogP contribution in [-0.2, 0) is 11.3 Å². The Labute approximate surface area is 197 Å². The van der Waals surface area contributed by atoms with Gasteiger partial charge >= 0.3 is 0 Å². The monoisotopic (exact) mass is 451 g/mol. The molecule has 0 radical (unpaired) electrons. The summed E-state index contributed by atoms with van der Waals surface area (Å²) in [4.78, 5) is 19.8. The van der Waals surface area contributed by atoms with E-state index < -0.39 is 0 Å². The molecule has 33 heavy (non-hydrogen) atoms. The molecule has 4 aromatic carbocycles. The van der Waals surface area contributed by atoms with Crippen LogP contribution in [0.4, 0.5) is 5.69 Å². The van der Waals surface area contributed by atoms with Crippen LogP contribution < -0.4 is 4.90 Å². The summed E-state index contributed by atoms with van der Waals surface area (Å²) in [6.07, 6.45) is 0.436. The molecule has 0 spiro atoms. The fourth-order valence-corrected chi connectivity index (χ4v) is 5.13. The lowest BCUT2D eigenvalue weighted by molar-refractivity contribution is -0.117. The highest BCUT2D eigenvalue weighted by Crippen LogP contribution is 2.34. The molecule has 1 atom stereocenters. The van der Waals surface area contributed by atoms with Gasteiger partial charge in [-0.2, -0.15) is 0 Å². The number of nitrogens with zero attached hydrogens (tertiary/aromatic N) is 3. The molecule has 1 aliphatic rings. The third-order valence-electron chi connectivity index (χ3n) is 6.50. The number of amides is 1. The van der Waals surface area contributed by atoms with E-state index >= 15 is 0 Å². The molecular weight excluding hydrogens is 430 g/mol. The van der Waals surface area contributed by atoms with Crippen molar-refractivity contribution in [2.24, 2.45) is 0 Å². The molecule has 1 aromatic heterocycles. The van der Waals surface area contributed by atoms with E-state index in [1.165, 1.54) is 16.3 Å². The van der Waals surface area contributed by atoms with Crippen molar-refractivity contribution in [1.82, 2.24) is 9.55 Å². The van der Waals surface area contributed by atoms with Crippen molar-refractivity contribution in [2.45, 2.75) is 18.9 Å². The van der Waals surface area contributed by atoms with Crippen LogP contribution in [0.3, 0.4) is 0 Å². The van der Waals surface area contributed by atoms with E-state index in [9.17, 15) is 4.79 Å². The van der Waals surface area contributed by atoms with Gasteiger partial charge in [0, 0.05) is 36.1 Å². The van der Waals surface area contributed by atoms with Gasteiger partial charge in [0.05, 0.1) is 11.0 Å². The molecule has 1 fully saturated rings. The zero-order valence-corrected chi connectivity index (χ0v) is 18.7. The average molecular weight is 452 g/mol. The van der Waals surface area contributed by atoms with Gasteiger partial charge in [0.2, 0.25) is 5.91 Å². The maximum Gasteiger partial charge on any atom is 0.227 e. The number of hydrogen-bond donors (Lipinski definition) is 0. The third kappa shape index (κ3) is 3.57. The van der Waals surface area contributed by atoms with Crippen LogP contribution in [0.5, 0.6) is 0 Å². The summed E-state index contributed by atoms with van der Waals surface area (Å²) in [5.74, 6) is 1.08. The quantitative estimate of drug-likeness (QED) is 0.316. The van der Waals surface area contributed by atoms with Gasteiger partial charge in [-0.1, -0.05) is 72.3 Å². The zero-order valence-electron chi connectivity index (χ0n) is 18.0. The van der Waals surface area contributed by atoms with E-state index in [-0.39, 0.29) is 11.8 Å². The highest BCUT2D eigenvalue weighted by molar-refractivity contribution is 6.30. The molecule has 1 unspecified atom stereocenters. The molecule has 1 aliphatic heterocycles. The van der Waals surface area contributed by atoms with E-state index in [4.69, 9.17) is 16.6 Å².